The number of nitrogens with two attached hydrogens (primary N) is 1. The van der Waals surface area contributed by atoms with E-state index in [1.54, 1.807) is 41.1 Å². The molecule has 168 valence electrons. The van der Waals surface area contributed by atoms with Crippen LogP contribution < -0.4 is 21.2 Å². The van der Waals surface area contributed by atoms with Crippen LogP contribution in [0.3, 0.4) is 0 Å². The second kappa shape index (κ2) is 8.59. The first kappa shape index (κ1) is 21.0. The van der Waals surface area contributed by atoms with Crippen molar-refractivity contribution in [1.82, 2.24) is 14.7 Å². The van der Waals surface area contributed by atoms with E-state index in [-0.39, 0.29) is 40.8 Å². The largest absolute Gasteiger partial charge is 0.376 e. The van der Waals surface area contributed by atoms with Crippen molar-refractivity contribution >= 4 is 28.4 Å². The Labute approximate surface area is 188 Å². The number of aromatic nitrogens is 3. The highest BCUT2D eigenvalue weighted by Crippen LogP contribution is 2.17. The zero-order chi connectivity index (χ0) is 22.9. The van der Waals surface area contributed by atoms with Gasteiger partial charge in [-0.2, -0.15) is 0 Å². The predicted octanol–water partition coefficient (Wildman–Crippen LogP) is 1.81. The van der Waals surface area contributed by atoms with Gasteiger partial charge in [-0.1, -0.05) is 23.2 Å². The van der Waals surface area contributed by atoms with Gasteiger partial charge in [0.05, 0.1) is 12.6 Å². The number of nitrogens with zero attached hydrogens (tertiary/aromatic N) is 3. The Balaban J connectivity index is 1.65. The normalized spacial score (nSPS) is 15.8. The summed E-state index contributed by atoms with van der Waals surface area (Å²) in [6.45, 7) is 1.26. The zero-order valence-corrected chi connectivity index (χ0v) is 17.8. The van der Waals surface area contributed by atoms with Gasteiger partial charge in [-0.3, -0.25) is 14.0 Å². The highest BCUT2D eigenvalue weighted by molar-refractivity contribution is 6.00. The molecule has 0 bridgehead atoms. The highest BCUT2D eigenvalue weighted by atomic mass is 19.1. The van der Waals surface area contributed by atoms with Crippen molar-refractivity contribution in [2.24, 2.45) is 0 Å². The Bertz CT molecular complexity index is 1410. The lowest BCUT2D eigenvalue weighted by atomic mass is 10.1. The van der Waals surface area contributed by atoms with E-state index in [4.69, 9.17) is 10.5 Å². The summed E-state index contributed by atoms with van der Waals surface area (Å²) in [6.07, 6.45) is 3.45. The summed E-state index contributed by atoms with van der Waals surface area (Å²) in [4.78, 5) is 31.0. The minimum atomic E-state index is -0.393. The van der Waals surface area contributed by atoms with Crippen LogP contribution in [0.4, 0.5) is 10.2 Å². The molecule has 3 N–H and O–H groups in total. The van der Waals surface area contributed by atoms with Crippen LogP contribution in [0.25, 0.3) is 16.7 Å². The minimum absolute atomic E-state index is 0.0294. The van der Waals surface area contributed by atoms with Crippen molar-refractivity contribution in [1.29, 1.82) is 0 Å². The van der Waals surface area contributed by atoms with Gasteiger partial charge in [0, 0.05) is 19.3 Å². The van der Waals surface area contributed by atoms with Gasteiger partial charge < -0.3 is 15.8 Å². The van der Waals surface area contributed by atoms with E-state index in [1.165, 1.54) is 22.6 Å². The van der Waals surface area contributed by atoms with Crippen molar-refractivity contribution in [2.75, 3.05) is 18.9 Å². The first-order valence-electron chi connectivity index (χ1n) is 10.8. The summed E-state index contributed by atoms with van der Waals surface area (Å²) in [7, 11) is 0. The van der Waals surface area contributed by atoms with Crippen molar-refractivity contribution in [3.63, 3.8) is 0 Å². The van der Waals surface area contributed by atoms with Gasteiger partial charge in [-0.25, -0.2) is 8.96 Å². The number of carbonyl (C=O) groups excluding carboxylic acids is 1. The van der Waals surface area contributed by atoms with Crippen LogP contribution in [0.2, 0.25) is 0 Å². The maximum absolute atomic E-state index is 13.4. The molecule has 1 fully saturated rings. The number of carbonyl (C=O) groups is 1. The molecule has 1 aliphatic rings. The standard InChI is InChI=1S/C24H22FN5O3/c25-16-8-6-15(7-9-16)14-30-21(26)18(23(31)27-13-17-4-3-11-33-17)12-19-22(30)28-20-5-1-2-10-29(20)24(19)32/h1-2,5-10,12,17,26H,3-4,11,13-14H2,(H,27,31)/p+1/t17-/m1/s1. The lowest BCUT2D eigenvalue weighted by molar-refractivity contribution is -0.649. The van der Waals surface area contributed by atoms with Gasteiger partial charge >= 0.3 is 0 Å². The first-order valence-corrected chi connectivity index (χ1v) is 10.8. The second-order valence-corrected chi connectivity index (χ2v) is 8.08. The number of hydrogen-bond acceptors (Lipinski definition) is 5. The number of pyridine rings is 2. The third-order valence-electron chi connectivity index (χ3n) is 5.87. The molecule has 9 heteroatoms. The van der Waals surface area contributed by atoms with Crippen LogP contribution >= 0.6 is 0 Å². The number of amides is 1. The summed E-state index contributed by atoms with van der Waals surface area (Å²) in [5.41, 5.74) is 7.88. The molecule has 33 heavy (non-hydrogen) atoms. The number of fused-ring (bicyclic) bond motifs is 2. The molecule has 0 aliphatic carbocycles. The van der Waals surface area contributed by atoms with Crippen molar-refractivity contribution in [3.05, 3.63) is 82.0 Å². The Morgan fingerprint density at radius 2 is 2.09 bits per heavy atom. The smallest absolute Gasteiger partial charge is 0.278 e. The maximum Gasteiger partial charge on any atom is 0.278 e. The number of nitrogen functional groups attached to an aromatic ring is 1. The summed E-state index contributed by atoms with van der Waals surface area (Å²) in [5, 5.41) is 3.13. The van der Waals surface area contributed by atoms with Crippen LogP contribution in [-0.2, 0) is 11.3 Å². The van der Waals surface area contributed by atoms with E-state index in [0.29, 0.717) is 24.4 Å². The number of hydrogen-bond donors (Lipinski definition) is 2. The summed E-state index contributed by atoms with van der Waals surface area (Å²) >= 11 is 0. The van der Waals surface area contributed by atoms with Crippen LogP contribution in [0, 0.1) is 5.82 Å². The van der Waals surface area contributed by atoms with Crippen molar-refractivity contribution < 1.29 is 18.5 Å². The van der Waals surface area contributed by atoms with E-state index in [2.05, 4.69) is 10.3 Å². The SMILES string of the molecule is Nc1c(C(=O)NC[C@H]2CCCO2)cc2c(=O)n3ccccc3nc2[n+]1Cc1ccc(F)cc1. The molecule has 0 saturated carbocycles. The molecule has 8 nitrogen and oxygen atoms in total. The predicted molar refractivity (Wildman–Crippen MR) is 120 cm³/mol. The Hall–Kier alpha value is -3.85. The maximum atomic E-state index is 13.4. The van der Waals surface area contributed by atoms with E-state index in [0.717, 1.165) is 18.4 Å². The second-order valence-electron chi connectivity index (χ2n) is 8.08. The highest BCUT2D eigenvalue weighted by Gasteiger charge is 2.25. The first-order chi connectivity index (χ1) is 16.0. The minimum Gasteiger partial charge on any atom is -0.376 e. The third kappa shape index (κ3) is 4.03. The number of rotatable bonds is 5. The molecular formula is C24H23FN5O3+. The molecule has 0 radical (unpaired) electrons. The van der Waals surface area contributed by atoms with Gasteiger partial charge in [0.25, 0.3) is 17.1 Å². The summed E-state index contributed by atoms with van der Waals surface area (Å²) < 4.78 is 22.0. The van der Waals surface area contributed by atoms with Crippen LogP contribution in [0.15, 0.2) is 59.5 Å². The molecule has 1 atom stereocenters. The molecule has 0 spiro atoms. The zero-order valence-electron chi connectivity index (χ0n) is 17.8. The van der Waals surface area contributed by atoms with E-state index >= 15 is 0 Å². The van der Waals surface area contributed by atoms with Crippen LogP contribution in [0.5, 0.6) is 0 Å². The van der Waals surface area contributed by atoms with E-state index in [9.17, 15) is 14.0 Å². The molecule has 4 heterocycles. The van der Waals surface area contributed by atoms with Gasteiger partial charge in [-0.15, -0.1) is 0 Å². The topological polar surface area (TPSA) is 103 Å². The molecule has 1 aromatic carbocycles. The average molecular weight is 448 g/mol. The van der Waals surface area contributed by atoms with Crippen molar-refractivity contribution in [3.8, 4) is 0 Å². The van der Waals surface area contributed by atoms with Crippen LogP contribution in [0.1, 0.15) is 28.8 Å². The van der Waals surface area contributed by atoms with Crippen LogP contribution in [-0.4, -0.2) is 34.5 Å². The molecule has 4 aromatic rings. The van der Waals surface area contributed by atoms with Gasteiger partial charge in [-0.05, 0) is 48.7 Å². The lowest BCUT2D eigenvalue weighted by Crippen LogP contribution is -2.43. The van der Waals surface area contributed by atoms with Gasteiger partial charge in [0.1, 0.15) is 16.8 Å². The van der Waals surface area contributed by atoms with Gasteiger partial charge in [0.15, 0.2) is 0 Å². The molecule has 1 amide bonds. The fraction of sp³-hybridized carbons (Fsp3) is 0.250. The molecule has 3 aromatic heterocycles. The quantitative estimate of drug-likeness (QED) is 0.358. The molecule has 1 aliphatic heterocycles. The molecule has 5 rings (SSSR count). The van der Waals surface area contributed by atoms with Gasteiger partial charge in [0.2, 0.25) is 11.5 Å². The molecule has 0 unspecified atom stereocenters. The lowest BCUT2D eigenvalue weighted by Gasteiger charge is -2.14. The number of ether oxygens (including phenoxy) is 1. The third-order valence-corrected chi connectivity index (χ3v) is 5.87. The molecular weight excluding hydrogens is 425 g/mol. The summed E-state index contributed by atoms with van der Waals surface area (Å²) in [6, 6.07) is 12.7. The number of anilines is 1. The van der Waals surface area contributed by atoms with Crippen molar-refractivity contribution in [2.45, 2.75) is 25.5 Å². The number of nitrogens with one attached hydrogen (secondary N) is 1. The number of halogens is 1. The van der Waals surface area contributed by atoms with E-state index in [1.807, 2.05) is 0 Å². The Morgan fingerprint density at radius 3 is 2.85 bits per heavy atom. The monoisotopic (exact) mass is 448 g/mol. The Kier molecular flexibility index (Phi) is 5.47. The fourth-order valence-corrected chi connectivity index (χ4v) is 4.12. The fourth-order valence-electron chi connectivity index (χ4n) is 4.12. The summed E-state index contributed by atoms with van der Waals surface area (Å²) in [5.74, 6) is -0.578. The average Bonchev–Trinajstić information content (AvgIpc) is 3.35. The Morgan fingerprint density at radius 1 is 1.27 bits per heavy atom. The number of benzene rings is 1. The van der Waals surface area contributed by atoms with E-state index < -0.39 is 5.91 Å². The molecule has 1 saturated heterocycles.